The van der Waals surface area contributed by atoms with Crippen LogP contribution >= 0.6 is 11.8 Å². The number of likely N-dealkylation sites (tertiary alicyclic amines) is 1. The molecule has 2 rings (SSSR count). The van der Waals surface area contributed by atoms with Gasteiger partial charge in [0.1, 0.15) is 5.82 Å². The van der Waals surface area contributed by atoms with Crippen LogP contribution in [0.3, 0.4) is 0 Å². The fourth-order valence-corrected chi connectivity index (χ4v) is 2.32. The Balaban J connectivity index is 1.80. The van der Waals surface area contributed by atoms with Crippen LogP contribution in [-0.4, -0.2) is 44.8 Å². The molecule has 0 radical (unpaired) electrons. The van der Waals surface area contributed by atoms with Crippen LogP contribution in [0.1, 0.15) is 18.7 Å². The van der Waals surface area contributed by atoms with E-state index in [1.54, 1.807) is 0 Å². The molecule has 0 aromatic carbocycles. The zero-order valence-electron chi connectivity index (χ0n) is 8.69. The second kappa shape index (κ2) is 4.65. The summed E-state index contributed by atoms with van der Waals surface area (Å²) in [7, 11) is 0. The number of aryl methyl sites for hydroxylation is 1. The average molecular weight is 226 g/mol. The number of nitrogens with zero attached hydrogens (tertiary/aromatic N) is 3. The summed E-state index contributed by atoms with van der Waals surface area (Å²) in [6, 6.07) is 0. The van der Waals surface area contributed by atoms with Crippen molar-refractivity contribution in [3.63, 3.8) is 0 Å². The zero-order chi connectivity index (χ0) is 10.7. The number of thioether (sulfide) groups is 1. The first-order valence-corrected chi connectivity index (χ1v) is 6.04. The first-order chi connectivity index (χ1) is 7.25. The Morgan fingerprint density at radius 1 is 1.53 bits per heavy atom. The zero-order valence-corrected chi connectivity index (χ0v) is 9.51. The molecule has 1 aliphatic heterocycles. The van der Waals surface area contributed by atoms with Gasteiger partial charge in [0.2, 0.25) is 11.1 Å². The van der Waals surface area contributed by atoms with Crippen molar-refractivity contribution in [1.82, 2.24) is 20.1 Å². The number of nitrogens with one attached hydrogen (secondary N) is 1. The molecule has 1 amide bonds. The highest BCUT2D eigenvalue weighted by Crippen LogP contribution is 2.15. The summed E-state index contributed by atoms with van der Waals surface area (Å²) in [6.07, 6.45) is 2.27. The molecule has 0 aliphatic carbocycles. The lowest BCUT2D eigenvalue weighted by Gasteiger charge is -2.13. The molecule has 0 saturated carbocycles. The number of aromatic amines is 1. The maximum atomic E-state index is 11.7. The Labute approximate surface area is 92.6 Å². The Morgan fingerprint density at radius 3 is 2.87 bits per heavy atom. The molecular weight excluding hydrogens is 212 g/mol. The average Bonchev–Trinajstić information content (AvgIpc) is 2.84. The van der Waals surface area contributed by atoms with Crippen molar-refractivity contribution in [3.05, 3.63) is 5.82 Å². The van der Waals surface area contributed by atoms with Gasteiger partial charge >= 0.3 is 0 Å². The van der Waals surface area contributed by atoms with Gasteiger partial charge in [0.25, 0.3) is 0 Å². The lowest BCUT2D eigenvalue weighted by molar-refractivity contribution is -0.127. The second-order valence-electron chi connectivity index (χ2n) is 3.58. The highest BCUT2D eigenvalue weighted by molar-refractivity contribution is 7.99. The van der Waals surface area contributed by atoms with Crippen molar-refractivity contribution in [2.24, 2.45) is 0 Å². The number of carbonyl (C=O) groups is 1. The van der Waals surface area contributed by atoms with Gasteiger partial charge in [0, 0.05) is 13.1 Å². The monoisotopic (exact) mass is 226 g/mol. The predicted octanol–water partition coefficient (Wildman–Crippen LogP) is 0.828. The summed E-state index contributed by atoms with van der Waals surface area (Å²) in [6.45, 7) is 3.66. The van der Waals surface area contributed by atoms with Crippen molar-refractivity contribution >= 4 is 17.7 Å². The molecule has 15 heavy (non-hydrogen) atoms. The van der Waals surface area contributed by atoms with E-state index in [1.807, 2.05) is 11.8 Å². The van der Waals surface area contributed by atoms with Crippen LogP contribution in [0.15, 0.2) is 5.16 Å². The minimum Gasteiger partial charge on any atom is -0.342 e. The van der Waals surface area contributed by atoms with Gasteiger partial charge in [-0.05, 0) is 19.8 Å². The predicted molar refractivity (Wildman–Crippen MR) is 57.7 cm³/mol. The Morgan fingerprint density at radius 2 is 2.27 bits per heavy atom. The molecular formula is C9H14N4OS. The van der Waals surface area contributed by atoms with Gasteiger partial charge in [-0.3, -0.25) is 9.89 Å². The molecule has 0 atom stereocenters. The SMILES string of the molecule is Cc1nc(SCC(=O)N2CCCC2)n[nH]1. The Kier molecular flexibility index (Phi) is 3.25. The smallest absolute Gasteiger partial charge is 0.233 e. The molecule has 1 aromatic rings. The fourth-order valence-electron chi connectivity index (χ4n) is 1.57. The van der Waals surface area contributed by atoms with Crippen LogP contribution in [0, 0.1) is 6.92 Å². The summed E-state index contributed by atoms with van der Waals surface area (Å²) >= 11 is 1.39. The number of hydrogen-bond donors (Lipinski definition) is 1. The van der Waals surface area contributed by atoms with E-state index in [0.717, 1.165) is 31.8 Å². The topological polar surface area (TPSA) is 61.9 Å². The van der Waals surface area contributed by atoms with Gasteiger partial charge in [-0.15, -0.1) is 5.10 Å². The highest BCUT2D eigenvalue weighted by atomic mass is 32.2. The van der Waals surface area contributed by atoms with Gasteiger partial charge in [0.05, 0.1) is 5.75 Å². The molecule has 1 aromatic heterocycles. The largest absolute Gasteiger partial charge is 0.342 e. The maximum absolute atomic E-state index is 11.7. The van der Waals surface area contributed by atoms with Crippen LogP contribution in [0.4, 0.5) is 0 Å². The molecule has 1 aliphatic rings. The van der Waals surface area contributed by atoms with E-state index in [4.69, 9.17) is 0 Å². The number of amides is 1. The minimum atomic E-state index is 0.194. The summed E-state index contributed by atoms with van der Waals surface area (Å²) in [4.78, 5) is 17.7. The van der Waals surface area contributed by atoms with Gasteiger partial charge in [-0.25, -0.2) is 4.98 Å². The molecule has 0 spiro atoms. The Bertz CT molecular complexity index is 346. The molecule has 1 N–H and O–H groups in total. The third-order valence-electron chi connectivity index (χ3n) is 2.36. The van der Waals surface area contributed by atoms with Crippen molar-refractivity contribution in [2.75, 3.05) is 18.8 Å². The quantitative estimate of drug-likeness (QED) is 0.775. The van der Waals surface area contributed by atoms with E-state index in [0.29, 0.717) is 10.9 Å². The molecule has 1 saturated heterocycles. The summed E-state index contributed by atoms with van der Waals surface area (Å²) < 4.78 is 0. The number of rotatable bonds is 3. The van der Waals surface area contributed by atoms with Crippen molar-refractivity contribution in [1.29, 1.82) is 0 Å². The van der Waals surface area contributed by atoms with Crippen LogP contribution < -0.4 is 0 Å². The highest BCUT2D eigenvalue weighted by Gasteiger charge is 2.18. The first-order valence-electron chi connectivity index (χ1n) is 5.05. The number of hydrogen-bond acceptors (Lipinski definition) is 4. The molecule has 6 heteroatoms. The summed E-state index contributed by atoms with van der Waals surface area (Å²) in [5, 5.41) is 7.38. The molecule has 82 valence electrons. The van der Waals surface area contributed by atoms with E-state index in [9.17, 15) is 4.79 Å². The van der Waals surface area contributed by atoms with Crippen molar-refractivity contribution < 1.29 is 4.79 Å². The van der Waals surface area contributed by atoms with Crippen LogP contribution in [0.5, 0.6) is 0 Å². The number of H-pyrrole nitrogens is 1. The fraction of sp³-hybridized carbons (Fsp3) is 0.667. The van der Waals surface area contributed by atoms with Crippen LogP contribution in [-0.2, 0) is 4.79 Å². The lowest BCUT2D eigenvalue weighted by Crippen LogP contribution is -2.29. The third-order valence-corrected chi connectivity index (χ3v) is 3.19. The van der Waals surface area contributed by atoms with E-state index >= 15 is 0 Å². The summed E-state index contributed by atoms with van der Waals surface area (Å²) in [5.74, 6) is 1.42. The van der Waals surface area contributed by atoms with E-state index in [1.165, 1.54) is 11.8 Å². The lowest BCUT2D eigenvalue weighted by atomic mass is 10.4. The van der Waals surface area contributed by atoms with E-state index in [-0.39, 0.29) is 5.91 Å². The standard InChI is InChI=1S/C9H14N4OS/c1-7-10-9(12-11-7)15-6-8(14)13-4-2-3-5-13/h2-6H2,1H3,(H,10,11,12). The molecule has 2 heterocycles. The van der Waals surface area contributed by atoms with Crippen molar-refractivity contribution in [2.45, 2.75) is 24.9 Å². The normalized spacial score (nSPS) is 15.9. The molecule has 1 fully saturated rings. The van der Waals surface area contributed by atoms with E-state index < -0.39 is 0 Å². The first kappa shape index (κ1) is 10.5. The Hall–Kier alpha value is -1.04. The van der Waals surface area contributed by atoms with Gasteiger partial charge in [0.15, 0.2) is 0 Å². The maximum Gasteiger partial charge on any atom is 0.233 e. The van der Waals surface area contributed by atoms with Gasteiger partial charge < -0.3 is 4.90 Å². The molecule has 0 unspecified atom stereocenters. The van der Waals surface area contributed by atoms with Crippen molar-refractivity contribution in [3.8, 4) is 0 Å². The number of aromatic nitrogens is 3. The van der Waals surface area contributed by atoms with Gasteiger partial charge in [-0.2, -0.15) is 0 Å². The number of carbonyl (C=O) groups excluding carboxylic acids is 1. The minimum absolute atomic E-state index is 0.194. The van der Waals surface area contributed by atoms with E-state index in [2.05, 4.69) is 15.2 Å². The van der Waals surface area contributed by atoms with Crippen LogP contribution in [0.2, 0.25) is 0 Å². The second-order valence-corrected chi connectivity index (χ2v) is 4.52. The molecule has 5 nitrogen and oxygen atoms in total. The van der Waals surface area contributed by atoms with Crippen LogP contribution in [0.25, 0.3) is 0 Å². The molecule has 0 bridgehead atoms. The third kappa shape index (κ3) is 2.71. The van der Waals surface area contributed by atoms with Gasteiger partial charge in [-0.1, -0.05) is 11.8 Å². The summed E-state index contributed by atoms with van der Waals surface area (Å²) in [5.41, 5.74) is 0.